The number of aryl methyl sites for hydroxylation is 1. The average Bonchev–Trinajstić information content (AvgIpc) is 2.83. The van der Waals surface area contributed by atoms with E-state index in [4.69, 9.17) is 10.5 Å². The predicted molar refractivity (Wildman–Crippen MR) is 88.0 cm³/mol. The second-order valence-electron chi connectivity index (χ2n) is 6.15. The molecule has 1 saturated heterocycles. The number of morpholine rings is 1. The summed E-state index contributed by atoms with van der Waals surface area (Å²) in [5.74, 6) is 0.0225. The minimum absolute atomic E-state index is 0. The van der Waals surface area contributed by atoms with E-state index in [-0.39, 0.29) is 24.4 Å². The topological polar surface area (TPSA) is 73.4 Å². The van der Waals surface area contributed by atoms with Gasteiger partial charge in [0, 0.05) is 19.3 Å². The molecule has 7 heteroatoms. The zero-order valence-corrected chi connectivity index (χ0v) is 14.4. The molecule has 1 fully saturated rings. The van der Waals surface area contributed by atoms with Crippen molar-refractivity contribution in [3.8, 4) is 0 Å². The van der Waals surface area contributed by atoms with Crippen LogP contribution in [0.2, 0.25) is 0 Å². The van der Waals surface area contributed by atoms with Crippen LogP contribution in [0.3, 0.4) is 0 Å². The van der Waals surface area contributed by atoms with E-state index in [1.54, 1.807) is 0 Å². The highest BCUT2D eigenvalue weighted by Gasteiger charge is 2.34. The van der Waals surface area contributed by atoms with Crippen molar-refractivity contribution in [1.82, 2.24) is 14.7 Å². The molecule has 1 aliphatic rings. The zero-order chi connectivity index (χ0) is 15.5. The smallest absolute Gasteiger partial charge is 0.242 e. The molecule has 126 valence electrons. The van der Waals surface area contributed by atoms with Gasteiger partial charge in [-0.2, -0.15) is 5.10 Å². The van der Waals surface area contributed by atoms with Crippen LogP contribution in [0, 0.1) is 6.92 Å². The summed E-state index contributed by atoms with van der Waals surface area (Å²) >= 11 is 0. The standard InChI is InChI=1S/C15H26N4O2.ClH/c1-4-5-15(3,16)14(20)18-6-7-21-13(10-18)11-19-9-12(2)8-17-19;/h8-9,13H,4-7,10-11,16H2,1-3H3;1H. The van der Waals surface area contributed by atoms with Crippen LogP contribution in [0.1, 0.15) is 32.3 Å². The van der Waals surface area contributed by atoms with Crippen LogP contribution >= 0.6 is 12.4 Å². The van der Waals surface area contributed by atoms with Gasteiger partial charge in [-0.15, -0.1) is 12.4 Å². The summed E-state index contributed by atoms with van der Waals surface area (Å²) in [5.41, 5.74) is 6.50. The minimum Gasteiger partial charge on any atom is -0.373 e. The maximum Gasteiger partial charge on any atom is 0.242 e. The lowest BCUT2D eigenvalue weighted by Gasteiger charge is -2.37. The van der Waals surface area contributed by atoms with Gasteiger partial charge in [0.1, 0.15) is 0 Å². The molecule has 2 rings (SSSR count). The van der Waals surface area contributed by atoms with Crippen molar-refractivity contribution in [3.05, 3.63) is 18.0 Å². The highest BCUT2D eigenvalue weighted by atomic mass is 35.5. The lowest BCUT2D eigenvalue weighted by atomic mass is 9.95. The van der Waals surface area contributed by atoms with Gasteiger partial charge in [0.05, 0.1) is 31.0 Å². The van der Waals surface area contributed by atoms with Crippen LogP contribution in [0.15, 0.2) is 12.4 Å². The van der Waals surface area contributed by atoms with Crippen molar-refractivity contribution < 1.29 is 9.53 Å². The van der Waals surface area contributed by atoms with Gasteiger partial charge in [-0.1, -0.05) is 13.3 Å². The Morgan fingerprint density at radius 2 is 2.32 bits per heavy atom. The molecule has 0 aromatic carbocycles. The number of aromatic nitrogens is 2. The number of carbonyl (C=O) groups excluding carboxylic acids is 1. The molecule has 2 heterocycles. The number of nitrogens with zero attached hydrogens (tertiary/aromatic N) is 3. The summed E-state index contributed by atoms with van der Waals surface area (Å²) in [4.78, 5) is 14.4. The summed E-state index contributed by atoms with van der Waals surface area (Å²) in [6.45, 7) is 8.27. The normalized spacial score (nSPS) is 21.1. The van der Waals surface area contributed by atoms with E-state index in [1.807, 2.05) is 42.7 Å². The van der Waals surface area contributed by atoms with Gasteiger partial charge in [0.25, 0.3) is 0 Å². The summed E-state index contributed by atoms with van der Waals surface area (Å²) < 4.78 is 7.61. The first-order valence-electron chi connectivity index (χ1n) is 7.61. The van der Waals surface area contributed by atoms with Crippen molar-refractivity contribution in [1.29, 1.82) is 0 Å². The molecule has 1 amide bonds. The lowest BCUT2D eigenvalue weighted by Crippen LogP contribution is -2.57. The number of rotatable bonds is 5. The van der Waals surface area contributed by atoms with E-state index >= 15 is 0 Å². The lowest BCUT2D eigenvalue weighted by molar-refractivity contribution is -0.144. The summed E-state index contributed by atoms with van der Waals surface area (Å²) in [6, 6.07) is 0. The number of ether oxygens (including phenoxy) is 1. The summed E-state index contributed by atoms with van der Waals surface area (Å²) in [5, 5.41) is 4.27. The van der Waals surface area contributed by atoms with Gasteiger partial charge < -0.3 is 15.4 Å². The maximum atomic E-state index is 12.5. The minimum atomic E-state index is -0.779. The van der Waals surface area contributed by atoms with Crippen LogP contribution in [0.25, 0.3) is 0 Å². The van der Waals surface area contributed by atoms with E-state index in [2.05, 4.69) is 5.10 Å². The van der Waals surface area contributed by atoms with E-state index in [0.717, 1.165) is 12.0 Å². The Labute approximate surface area is 138 Å². The zero-order valence-electron chi connectivity index (χ0n) is 13.6. The highest BCUT2D eigenvalue weighted by Crippen LogP contribution is 2.16. The fraction of sp³-hybridized carbons (Fsp3) is 0.733. The molecule has 6 nitrogen and oxygen atoms in total. The third kappa shape index (κ3) is 4.69. The van der Waals surface area contributed by atoms with Crippen molar-refractivity contribution in [3.63, 3.8) is 0 Å². The number of hydrogen-bond acceptors (Lipinski definition) is 4. The Bertz CT molecular complexity index is 490. The second kappa shape index (κ2) is 7.94. The fourth-order valence-corrected chi connectivity index (χ4v) is 2.78. The van der Waals surface area contributed by atoms with Crippen molar-refractivity contribution in [2.24, 2.45) is 5.73 Å². The molecule has 1 aromatic heterocycles. The van der Waals surface area contributed by atoms with Gasteiger partial charge in [0.15, 0.2) is 0 Å². The number of nitrogens with two attached hydrogens (primary N) is 1. The van der Waals surface area contributed by atoms with Gasteiger partial charge in [-0.05, 0) is 25.8 Å². The third-order valence-corrected chi connectivity index (χ3v) is 3.84. The van der Waals surface area contributed by atoms with Gasteiger partial charge in [-0.3, -0.25) is 9.48 Å². The van der Waals surface area contributed by atoms with Crippen LogP contribution in [-0.4, -0.2) is 51.9 Å². The maximum absolute atomic E-state index is 12.5. The highest BCUT2D eigenvalue weighted by molar-refractivity contribution is 5.86. The molecule has 0 radical (unpaired) electrons. The quantitative estimate of drug-likeness (QED) is 0.884. The molecule has 0 saturated carbocycles. The largest absolute Gasteiger partial charge is 0.373 e. The van der Waals surface area contributed by atoms with E-state index in [9.17, 15) is 4.79 Å². The molecule has 22 heavy (non-hydrogen) atoms. The number of amides is 1. The molecule has 1 aliphatic heterocycles. The number of hydrogen-bond donors (Lipinski definition) is 1. The predicted octanol–water partition coefficient (Wildman–Crippen LogP) is 1.36. The molecule has 0 bridgehead atoms. The Hall–Kier alpha value is -1.11. The summed E-state index contributed by atoms with van der Waals surface area (Å²) in [6.07, 6.45) is 5.38. The van der Waals surface area contributed by atoms with Crippen molar-refractivity contribution >= 4 is 18.3 Å². The molecule has 0 spiro atoms. The molecule has 1 aromatic rings. The second-order valence-corrected chi connectivity index (χ2v) is 6.15. The van der Waals surface area contributed by atoms with E-state index in [0.29, 0.717) is 32.7 Å². The number of carbonyl (C=O) groups is 1. The molecule has 2 N–H and O–H groups in total. The number of halogens is 1. The first kappa shape index (κ1) is 18.9. The Morgan fingerprint density at radius 1 is 1.59 bits per heavy atom. The summed E-state index contributed by atoms with van der Waals surface area (Å²) in [7, 11) is 0. The van der Waals surface area contributed by atoms with Crippen LogP contribution in [0.5, 0.6) is 0 Å². The van der Waals surface area contributed by atoms with E-state index < -0.39 is 5.54 Å². The first-order chi connectivity index (χ1) is 9.92. The molecule has 2 unspecified atom stereocenters. The monoisotopic (exact) mass is 330 g/mol. The molecule has 2 atom stereocenters. The van der Waals surface area contributed by atoms with Crippen LogP contribution in [0.4, 0.5) is 0 Å². The van der Waals surface area contributed by atoms with Crippen LogP contribution < -0.4 is 5.73 Å². The molecular weight excluding hydrogens is 304 g/mol. The Balaban J connectivity index is 0.00000242. The van der Waals surface area contributed by atoms with Gasteiger partial charge in [0.2, 0.25) is 5.91 Å². The van der Waals surface area contributed by atoms with E-state index in [1.165, 1.54) is 0 Å². The first-order valence-corrected chi connectivity index (χ1v) is 7.61. The Morgan fingerprint density at radius 3 is 2.91 bits per heavy atom. The van der Waals surface area contributed by atoms with Crippen LogP contribution in [-0.2, 0) is 16.1 Å². The fourth-order valence-electron chi connectivity index (χ4n) is 2.78. The van der Waals surface area contributed by atoms with Gasteiger partial charge in [-0.25, -0.2) is 0 Å². The SMILES string of the molecule is CCCC(C)(N)C(=O)N1CCOC(Cn2cc(C)cn2)C1.Cl. The van der Waals surface area contributed by atoms with Crippen molar-refractivity contribution in [2.75, 3.05) is 19.7 Å². The molecule has 0 aliphatic carbocycles. The Kier molecular flexibility index (Phi) is 6.84. The third-order valence-electron chi connectivity index (χ3n) is 3.84. The average molecular weight is 331 g/mol. The van der Waals surface area contributed by atoms with Gasteiger partial charge >= 0.3 is 0 Å². The molecular formula is C15H27ClN4O2. The van der Waals surface area contributed by atoms with Crippen molar-refractivity contribution in [2.45, 2.75) is 51.8 Å².